The predicted molar refractivity (Wildman–Crippen MR) is 82.1 cm³/mol. The summed E-state index contributed by atoms with van der Waals surface area (Å²) in [6.07, 6.45) is 1.22. The molecule has 1 rings (SSSR count). The first kappa shape index (κ1) is 20.8. The van der Waals surface area contributed by atoms with Gasteiger partial charge < -0.3 is 14.6 Å². The van der Waals surface area contributed by atoms with Gasteiger partial charge in [0, 0.05) is 13.7 Å². The zero-order valence-corrected chi connectivity index (χ0v) is 13.5. The Kier molecular flexibility index (Phi) is 14.4. The van der Waals surface area contributed by atoms with E-state index < -0.39 is 5.97 Å². The molecule has 0 heterocycles. The Bertz CT molecular complexity index is 350. The highest BCUT2D eigenvalue weighted by atomic mass is 16.5. The maximum absolute atomic E-state index is 10.9. The van der Waals surface area contributed by atoms with Gasteiger partial charge in [-0.2, -0.15) is 0 Å². The Hall–Kier alpha value is -1.55. The number of carbonyl (C=O) groups excluding carboxylic acids is 1. The minimum Gasteiger partial charge on any atom is -0.507 e. The first-order valence-electron chi connectivity index (χ1n) is 6.92. The number of rotatable bonds is 4. The van der Waals surface area contributed by atoms with Crippen LogP contribution in [-0.4, -0.2) is 31.9 Å². The van der Waals surface area contributed by atoms with Gasteiger partial charge >= 0.3 is 5.97 Å². The van der Waals surface area contributed by atoms with Gasteiger partial charge in [0.1, 0.15) is 11.3 Å². The maximum Gasteiger partial charge on any atom is 0.341 e. The van der Waals surface area contributed by atoms with E-state index in [0.29, 0.717) is 0 Å². The highest BCUT2D eigenvalue weighted by Gasteiger charge is 2.08. The summed E-state index contributed by atoms with van der Waals surface area (Å²) in [5.41, 5.74) is 0.190. The molecule has 0 amide bonds. The van der Waals surface area contributed by atoms with Crippen LogP contribution in [0.3, 0.4) is 0 Å². The lowest BCUT2D eigenvalue weighted by molar-refractivity contribution is 0.0597. The fraction of sp³-hybridized carbons (Fsp3) is 0.562. The second-order valence-electron chi connectivity index (χ2n) is 3.98. The quantitative estimate of drug-likeness (QED) is 0.852. The topological polar surface area (TPSA) is 55.8 Å². The van der Waals surface area contributed by atoms with Crippen molar-refractivity contribution < 1.29 is 19.4 Å². The van der Waals surface area contributed by atoms with Crippen molar-refractivity contribution in [2.45, 2.75) is 34.1 Å². The molecule has 0 saturated heterocycles. The van der Waals surface area contributed by atoms with Crippen LogP contribution in [0.4, 0.5) is 0 Å². The van der Waals surface area contributed by atoms with Gasteiger partial charge in [-0.25, -0.2) is 4.79 Å². The molecule has 4 nitrogen and oxygen atoms in total. The maximum atomic E-state index is 10.9. The average Bonchev–Trinajstić information content (AvgIpc) is 2.50. The lowest BCUT2D eigenvalue weighted by Crippen LogP contribution is -2.00. The van der Waals surface area contributed by atoms with Crippen molar-refractivity contribution in [1.82, 2.24) is 0 Å². The van der Waals surface area contributed by atoms with Crippen molar-refractivity contribution in [3.63, 3.8) is 0 Å². The summed E-state index contributed by atoms with van der Waals surface area (Å²) in [6, 6.07) is 6.24. The number of para-hydroxylation sites is 1. The molecule has 0 aliphatic rings. The van der Waals surface area contributed by atoms with Crippen molar-refractivity contribution in [3.8, 4) is 5.75 Å². The van der Waals surface area contributed by atoms with Crippen LogP contribution in [0.5, 0.6) is 5.75 Å². The first-order valence-corrected chi connectivity index (χ1v) is 6.92. The van der Waals surface area contributed by atoms with Gasteiger partial charge in [-0.3, -0.25) is 0 Å². The van der Waals surface area contributed by atoms with Gasteiger partial charge in [-0.15, -0.1) is 0 Å². The summed E-state index contributed by atoms with van der Waals surface area (Å²) in [4.78, 5) is 10.9. The fourth-order valence-corrected chi connectivity index (χ4v) is 1.16. The monoisotopic (exact) mass is 284 g/mol. The number of hydrogen-bond acceptors (Lipinski definition) is 4. The lowest BCUT2D eigenvalue weighted by atomic mass is 10.1. The number of methoxy groups -OCH3 is 2. The summed E-state index contributed by atoms with van der Waals surface area (Å²) in [6.45, 7) is 9.25. The molecule has 0 aromatic heterocycles. The molecule has 4 heteroatoms. The van der Waals surface area contributed by atoms with E-state index in [1.165, 1.54) is 25.7 Å². The van der Waals surface area contributed by atoms with Crippen LogP contribution in [0.15, 0.2) is 24.3 Å². The number of aromatic hydroxyl groups is 1. The molecule has 0 spiro atoms. The molecule has 0 aliphatic heterocycles. The second-order valence-corrected chi connectivity index (χ2v) is 3.98. The number of benzene rings is 1. The van der Waals surface area contributed by atoms with Crippen molar-refractivity contribution in [1.29, 1.82) is 0 Å². The number of phenolic OH excluding ortho intramolecular Hbond substituents is 1. The molecule has 1 N–H and O–H groups in total. The van der Waals surface area contributed by atoms with Crippen molar-refractivity contribution in [2.24, 2.45) is 5.92 Å². The van der Waals surface area contributed by atoms with Crippen LogP contribution in [-0.2, 0) is 9.47 Å². The molecule has 0 radical (unpaired) electrons. The van der Waals surface area contributed by atoms with Crippen molar-refractivity contribution >= 4 is 5.97 Å². The normalized spacial score (nSPS) is 10.3. The van der Waals surface area contributed by atoms with E-state index >= 15 is 0 Å². The number of phenols is 1. The Morgan fingerprint density at radius 1 is 1.25 bits per heavy atom. The van der Waals surface area contributed by atoms with Gasteiger partial charge in [-0.1, -0.05) is 46.2 Å². The predicted octanol–water partition coefficient (Wildman–Crippen LogP) is 3.88. The van der Waals surface area contributed by atoms with Crippen LogP contribution >= 0.6 is 0 Å². The Morgan fingerprint density at radius 2 is 1.80 bits per heavy atom. The number of esters is 1. The SMILES string of the molecule is CC.CCC(C)COC.COC(=O)c1ccccc1O. The third kappa shape index (κ3) is 9.39. The molecule has 1 aromatic carbocycles. The smallest absolute Gasteiger partial charge is 0.341 e. The van der Waals surface area contributed by atoms with Crippen LogP contribution < -0.4 is 0 Å². The van der Waals surface area contributed by atoms with E-state index in [-0.39, 0.29) is 11.3 Å². The zero-order chi connectivity index (χ0) is 16.0. The molecule has 0 bridgehead atoms. The largest absolute Gasteiger partial charge is 0.507 e. The molecule has 0 saturated carbocycles. The summed E-state index contributed by atoms with van der Waals surface area (Å²) in [5.74, 6) is 0.146. The third-order valence-electron chi connectivity index (χ3n) is 2.46. The van der Waals surface area contributed by atoms with E-state index in [1.807, 2.05) is 13.8 Å². The number of carbonyl (C=O) groups is 1. The molecule has 1 atom stereocenters. The minimum absolute atomic E-state index is 0.0562. The molecule has 116 valence electrons. The van der Waals surface area contributed by atoms with Gasteiger partial charge in [-0.05, 0) is 18.1 Å². The van der Waals surface area contributed by atoms with Gasteiger partial charge in [0.05, 0.1) is 7.11 Å². The van der Waals surface area contributed by atoms with Crippen LogP contribution in [0.25, 0.3) is 0 Å². The highest BCUT2D eigenvalue weighted by molar-refractivity contribution is 5.92. The van der Waals surface area contributed by atoms with Gasteiger partial charge in [0.2, 0.25) is 0 Å². The number of hydrogen-bond donors (Lipinski definition) is 1. The van der Waals surface area contributed by atoms with Gasteiger partial charge in [0.15, 0.2) is 0 Å². The number of ether oxygens (including phenoxy) is 2. The summed E-state index contributed by atoms with van der Waals surface area (Å²) in [5, 5.41) is 9.11. The summed E-state index contributed by atoms with van der Waals surface area (Å²) in [7, 11) is 3.01. The second kappa shape index (κ2) is 13.9. The van der Waals surface area contributed by atoms with Crippen LogP contribution in [0.2, 0.25) is 0 Å². The van der Waals surface area contributed by atoms with E-state index in [0.717, 1.165) is 12.5 Å². The first-order chi connectivity index (χ1) is 9.56. The Labute approximate surface area is 122 Å². The molecule has 0 fully saturated rings. The molecule has 1 unspecified atom stereocenters. The van der Waals surface area contributed by atoms with Gasteiger partial charge in [0.25, 0.3) is 0 Å². The molecule has 0 aliphatic carbocycles. The van der Waals surface area contributed by atoms with E-state index in [4.69, 9.17) is 9.84 Å². The Morgan fingerprint density at radius 3 is 2.15 bits per heavy atom. The van der Waals surface area contributed by atoms with E-state index in [9.17, 15) is 4.79 Å². The van der Waals surface area contributed by atoms with Crippen molar-refractivity contribution in [3.05, 3.63) is 29.8 Å². The third-order valence-corrected chi connectivity index (χ3v) is 2.46. The average molecular weight is 284 g/mol. The standard InChI is InChI=1S/C8H8O3.C6H14O.C2H6/c1-11-8(10)6-4-2-3-5-7(6)9;1-4-6(2)5-7-3;1-2/h2-5,9H,1H3;6H,4-5H2,1-3H3;1-2H3. The lowest BCUT2D eigenvalue weighted by Gasteiger charge is -2.03. The van der Waals surface area contributed by atoms with Crippen LogP contribution in [0, 0.1) is 5.92 Å². The fourth-order valence-electron chi connectivity index (χ4n) is 1.16. The highest BCUT2D eigenvalue weighted by Crippen LogP contribution is 2.15. The Balaban J connectivity index is 0. The van der Waals surface area contributed by atoms with Crippen molar-refractivity contribution in [2.75, 3.05) is 20.8 Å². The van der Waals surface area contributed by atoms with E-state index in [1.54, 1.807) is 19.2 Å². The molecule has 20 heavy (non-hydrogen) atoms. The summed E-state index contributed by atoms with van der Waals surface area (Å²) >= 11 is 0. The molecule has 1 aromatic rings. The molecular weight excluding hydrogens is 256 g/mol. The zero-order valence-electron chi connectivity index (χ0n) is 13.5. The van der Waals surface area contributed by atoms with E-state index in [2.05, 4.69) is 18.6 Å². The minimum atomic E-state index is -0.525. The van der Waals surface area contributed by atoms with Crippen LogP contribution in [0.1, 0.15) is 44.5 Å². The molecular formula is C16H28O4. The summed E-state index contributed by atoms with van der Waals surface area (Å²) < 4.78 is 9.31.